The highest BCUT2D eigenvalue weighted by atomic mass is 79.9. The lowest BCUT2D eigenvalue weighted by Crippen LogP contribution is -2.48. The Kier molecular flexibility index (Phi) is 5.78. The van der Waals surface area contributed by atoms with Gasteiger partial charge in [-0.2, -0.15) is 0 Å². The standard InChI is InChI=1S/C12H15BrN2O4/c1-7(8-2-4-9(13)5-3-8)14-12(19)15-10(6-16)11(17)18/h2-5,7,10,16H,6H2,1H3,(H,17,18)(H2,14,15,19)/t7?,10-/m0/s1. The molecular weight excluding hydrogens is 316 g/mol. The average Bonchev–Trinajstić information content (AvgIpc) is 2.36. The Bertz CT molecular complexity index is 450. The van der Waals surface area contributed by atoms with E-state index >= 15 is 0 Å². The van der Waals surface area contributed by atoms with E-state index in [1.807, 2.05) is 24.3 Å². The summed E-state index contributed by atoms with van der Waals surface area (Å²) in [6.07, 6.45) is 0. The molecule has 1 unspecified atom stereocenters. The van der Waals surface area contributed by atoms with E-state index in [9.17, 15) is 9.59 Å². The lowest BCUT2D eigenvalue weighted by Gasteiger charge is -2.17. The average molecular weight is 331 g/mol. The third-order valence-corrected chi connectivity index (χ3v) is 3.03. The number of hydrogen-bond donors (Lipinski definition) is 4. The first kappa shape index (κ1) is 15.5. The Balaban J connectivity index is 2.56. The first-order valence-corrected chi connectivity index (χ1v) is 6.39. The second-order valence-electron chi connectivity index (χ2n) is 3.96. The molecule has 1 aromatic rings. The van der Waals surface area contributed by atoms with Crippen molar-refractivity contribution in [1.29, 1.82) is 0 Å². The van der Waals surface area contributed by atoms with Crippen LogP contribution in [0.25, 0.3) is 0 Å². The van der Waals surface area contributed by atoms with Crippen LogP contribution in [0.1, 0.15) is 18.5 Å². The fourth-order valence-electron chi connectivity index (χ4n) is 1.42. The predicted octanol–water partition coefficient (Wildman–Crippen LogP) is 1.25. The van der Waals surface area contributed by atoms with Gasteiger partial charge in [0.2, 0.25) is 0 Å². The SMILES string of the molecule is CC(NC(=O)N[C@@H](CO)C(=O)O)c1ccc(Br)cc1. The Morgan fingerprint density at radius 1 is 1.26 bits per heavy atom. The molecule has 19 heavy (non-hydrogen) atoms. The molecule has 0 spiro atoms. The first-order chi connectivity index (χ1) is 8.93. The molecule has 1 rings (SSSR count). The third kappa shape index (κ3) is 4.88. The number of aliphatic hydroxyl groups is 1. The fourth-order valence-corrected chi connectivity index (χ4v) is 1.68. The molecule has 104 valence electrons. The summed E-state index contributed by atoms with van der Waals surface area (Å²) in [7, 11) is 0. The molecule has 1 aromatic carbocycles. The highest BCUT2D eigenvalue weighted by Crippen LogP contribution is 2.16. The quantitative estimate of drug-likeness (QED) is 0.653. The number of amides is 2. The van der Waals surface area contributed by atoms with Crippen molar-refractivity contribution < 1.29 is 19.8 Å². The van der Waals surface area contributed by atoms with Crippen LogP contribution in [0.3, 0.4) is 0 Å². The van der Waals surface area contributed by atoms with Gasteiger partial charge in [-0.05, 0) is 24.6 Å². The summed E-state index contributed by atoms with van der Waals surface area (Å²) in [5.41, 5.74) is 0.884. The summed E-state index contributed by atoms with van der Waals surface area (Å²) in [4.78, 5) is 22.2. The molecule has 7 heteroatoms. The minimum Gasteiger partial charge on any atom is -0.480 e. The maximum atomic E-state index is 11.6. The summed E-state index contributed by atoms with van der Waals surface area (Å²) < 4.78 is 0.930. The van der Waals surface area contributed by atoms with Crippen LogP contribution in [-0.2, 0) is 4.79 Å². The topological polar surface area (TPSA) is 98.7 Å². The van der Waals surface area contributed by atoms with Crippen LogP contribution in [0.4, 0.5) is 4.79 Å². The largest absolute Gasteiger partial charge is 0.480 e. The lowest BCUT2D eigenvalue weighted by atomic mass is 10.1. The van der Waals surface area contributed by atoms with Crippen molar-refractivity contribution in [2.75, 3.05) is 6.61 Å². The molecule has 4 N–H and O–H groups in total. The summed E-state index contributed by atoms with van der Waals surface area (Å²) >= 11 is 3.31. The number of nitrogens with one attached hydrogen (secondary N) is 2. The summed E-state index contributed by atoms with van der Waals surface area (Å²) in [6.45, 7) is 1.12. The monoisotopic (exact) mass is 330 g/mol. The minimum absolute atomic E-state index is 0.277. The van der Waals surface area contributed by atoms with Crippen LogP contribution in [0.5, 0.6) is 0 Å². The molecule has 0 saturated heterocycles. The Morgan fingerprint density at radius 3 is 2.32 bits per heavy atom. The number of urea groups is 1. The molecule has 0 aliphatic rings. The van der Waals surface area contributed by atoms with Crippen molar-refractivity contribution in [2.24, 2.45) is 0 Å². The number of aliphatic hydroxyl groups excluding tert-OH is 1. The van der Waals surface area contributed by atoms with E-state index in [0.717, 1.165) is 10.0 Å². The van der Waals surface area contributed by atoms with Crippen molar-refractivity contribution in [3.63, 3.8) is 0 Å². The van der Waals surface area contributed by atoms with Crippen molar-refractivity contribution >= 4 is 27.9 Å². The lowest BCUT2D eigenvalue weighted by molar-refractivity contribution is -0.140. The van der Waals surface area contributed by atoms with Gasteiger partial charge in [-0.15, -0.1) is 0 Å². The van der Waals surface area contributed by atoms with Crippen LogP contribution >= 0.6 is 15.9 Å². The van der Waals surface area contributed by atoms with Gasteiger partial charge in [-0.1, -0.05) is 28.1 Å². The maximum Gasteiger partial charge on any atom is 0.328 e. The van der Waals surface area contributed by atoms with Gasteiger partial charge in [0, 0.05) is 4.47 Å². The molecule has 2 atom stereocenters. The summed E-state index contributed by atoms with van der Waals surface area (Å²) in [5, 5.41) is 22.3. The summed E-state index contributed by atoms with van der Waals surface area (Å²) in [6, 6.07) is 5.15. The zero-order valence-electron chi connectivity index (χ0n) is 10.3. The zero-order chi connectivity index (χ0) is 14.4. The first-order valence-electron chi connectivity index (χ1n) is 5.60. The Labute approximate surface area is 118 Å². The van der Waals surface area contributed by atoms with Gasteiger partial charge in [-0.3, -0.25) is 0 Å². The van der Waals surface area contributed by atoms with E-state index in [2.05, 4.69) is 26.6 Å². The molecule has 0 aromatic heterocycles. The normalized spacial score (nSPS) is 13.4. The van der Waals surface area contributed by atoms with E-state index < -0.39 is 24.6 Å². The van der Waals surface area contributed by atoms with Gasteiger partial charge >= 0.3 is 12.0 Å². The van der Waals surface area contributed by atoms with Crippen LogP contribution in [-0.4, -0.2) is 34.9 Å². The molecule has 6 nitrogen and oxygen atoms in total. The van der Waals surface area contributed by atoms with E-state index in [0.29, 0.717) is 0 Å². The number of carbonyl (C=O) groups excluding carboxylic acids is 1. The second kappa shape index (κ2) is 7.10. The molecule has 0 radical (unpaired) electrons. The van der Waals surface area contributed by atoms with Crippen LogP contribution in [0, 0.1) is 0 Å². The minimum atomic E-state index is -1.31. The Hall–Kier alpha value is -1.60. The molecule has 0 saturated carbocycles. The Morgan fingerprint density at radius 2 is 1.84 bits per heavy atom. The zero-order valence-corrected chi connectivity index (χ0v) is 11.8. The van der Waals surface area contributed by atoms with Crippen molar-refractivity contribution in [2.45, 2.75) is 19.0 Å². The number of benzene rings is 1. The van der Waals surface area contributed by atoms with Gasteiger partial charge in [0.1, 0.15) is 0 Å². The number of carbonyl (C=O) groups is 2. The van der Waals surface area contributed by atoms with Crippen molar-refractivity contribution in [3.8, 4) is 0 Å². The molecule has 0 fully saturated rings. The maximum absolute atomic E-state index is 11.6. The van der Waals surface area contributed by atoms with E-state index in [-0.39, 0.29) is 6.04 Å². The number of rotatable bonds is 5. The van der Waals surface area contributed by atoms with Gasteiger partial charge in [0.15, 0.2) is 6.04 Å². The molecule has 0 heterocycles. The van der Waals surface area contributed by atoms with E-state index in [1.165, 1.54) is 0 Å². The van der Waals surface area contributed by atoms with E-state index in [4.69, 9.17) is 10.2 Å². The predicted molar refractivity (Wildman–Crippen MR) is 72.7 cm³/mol. The van der Waals surface area contributed by atoms with Gasteiger partial charge in [0.05, 0.1) is 12.6 Å². The number of carboxylic acids is 1. The number of hydrogen-bond acceptors (Lipinski definition) is 3. The molecule has 2 amide bonds. The number of halogens is 1. The molecule has 0 aliphatic carbocycles. The van der Waals surface area contributed by atoms with Gasteiger partial charge in [0.25, 0.3) is 0 Å². The summed E-state index contributed by atoms with van der Waals surface area (Å²) in [5.74, 6) is -1.28. The molecule has 0 aliphatic heterocycles. The third-order valence-electron chi connectivity index (χ3n) is 2.50. The van der Waals surface area contributed by atoms with Gasteiger partial charge in [-0.25, -0.2) is 9.59 Å². The number of carboxylic acid groups (broad SMARTS) is 1. The smallest absolute Gasteiger partial charge is 0.328 e. The van der Waals surface area contributed by atoms with Crippen molar-refractivity contribution in [3.05, 3.63) is 34.3 Å². The van der Waals surface area contributed by atoms with Gasteiger partial charge < -0.3 is 20.8 Å². The highest BCUT2D eigenvalue weighted by Gasteiger charge is 2.19. The second-order valence-corrected chi connectivity index (χ2v) is 4.88. The number of aliphatic carboxylic acids is 1. The highest BCUT2D eigenvalue weighted by molar-refractivity contribution is 9.10. The molecule has 0 bridgehead atoms. The molecular formula is C12H15BrN2O4. The van der Waals surface area contributed by atoms with Crippen molar-refractivity contribution in [1.82, 2.24) is 10.6 Å². The fraction of sp³-hybridized carbons (Fsp3) is 0.333. The van der Waals surface area contributed by atoms with Crippen LogP contribution < -0.4 is 10.6 Å². The van der Waals surface area contributed by atoms with Crippen LogP contribution in [0.2, 0.25) is 0 Å². The van der Waals surface area contributed by atoms with Crippen LogP contribution in [0.15, 0.2) is 28.7 Å². The van der Waals surface area contributed by atoms with E-state index in [1.54, 1.807) is 6.92 Å².